The van der Waals surface area contributed by atoms with Crippen LogP contribution in [-0.2, 0) is 35.2 Å². The number of nitrogens with zero attached hydrogens (tertiary/aromatic N) is 5. The molecule has 14 nitrogen and oxygen atoms in total. The number of imide groups is 1. The van der Waals surface area contributed by atoms with Crippen molar-refractivity contribution < 1.29 is 51.7 Å². The second-order valence-electron chi connectivity index (χ2n) is 16.2. The zero-order valence-corrected chi connectivity index (χ0v) is 34.0. The summed E-state index contributed by atoms with van der Waals surface area (Å²) in [4.78, 5) is 73.5. The van der Waals surface area contributed by atoms with E-state index in [1.807, 2.05) is 18.2 Å². The number of alkyl halides is 1. The van der Waals surface area contributed by atoms with Crippen LogP contribution in [-0.4, -0.2) is 123 Å². The predicted octanol–water partition coefficient (Wildman–Crippen LogP) is 4.42. The normalized spacial score (nSPS) is 18.0. The molecule has 2 aromatic carbocycles. The van der Waals surface area contributed by atoms with Gasteiger partial charge in [-0.05, 0) is 65.3 Å². The molecule has 5 amide bonds. The van der Waals surface area contributed by atoms with Crippen LogP contribution in [0.25, 0.3) is 11.3 Å². The fraction of sp³-hybridized carbons (Fsp3) is 0.476. The molecule has 3 aromatic rings. The average molecular weight is 825 g/mol. The van der Waals surface area contributed by atoms with E-state index in [0.717, 1.165) is 40.8 Å². The minimum Gasteiger partial charge on any atom is -0.444 e. The van der Waals surface area contributed by atoms with Crippen molar-refractivity contribution in [3.05, 3.63) is 89.9 Å². The number of carbonyl (C=O) groups excluding carboxylic acids is 5. The van der Waals surface area contributed by atoms with E-state index in [0.29, 0.717) is 0 Å². The fourth-order valence-electron chi connectivity index (χ4n) is 7.02. The Morgan fingerprint density at radius 1 is 1.00 bits per heavy atom. The molecular formula is C42H51F3N6O8. The maximum atomic E-state index is 16.0. The van der Waals surface area contributed by atoms with E-state index in [2.05, 4.69) is 5.32 Å². The van der Waals surface area contributed by atoms with Crippen LogP contribution in [0.4, 0.5) is 18.0 Å². The van der Waals surface area contributed by atoms with E-state index in [-0.39, 0.29) is 69.6 Å². The molecule has 2 aliphatic heterocycles. The molecule has 0 bridgehead atoms. The predicted molar refractivity (Wildman–Crippen MR) is 209 cm³/mol. The van der Waals surface area contributed by atoms with Crippen LogP contribution in [0.2, 0.25) is 0 Å². The molecule has 5 rings (SSSR count). The number of aliphatic hydroxyl groups is 1. The summed E-state index contributed by atoms with van der Waals surface area (Å²) in [6.45, 7) is 8.49. The van der Waals surface area contributed by atoms with Crippen LogP contribution in [0.1, 0.15) is 59.0 Å². The van der Waals surface area contributed by atoms with Crippen LogP contribution < -0.4 is 5.32 Å². The number of benzene rings is 2. The smallest absolute Gasteiger partial charge is 0.410 e. The van der Waals surface area contributed by atoms with Crippen LogP contribution in [0.5, 0.6) is 0 Å². The van der Waals surface area contributed by atoms with E-state index < -0.39 is 76.6 Å². The topological polar surface area (TPSA) is 164 Å². The third-order valence-electron chi connectivity index (χ3n) is 10.0. The third kappa shape index (κ3) is 10.9. The lowest BCUT2D eigenvalue weighted by Gasteiger charge is -2.42. The zero-order valence-electron chi connectivity index (χ0n) is 34.0. The molecule has 1 saturated heterocycles. The number of likely N-dealkylation sites (tertiary alicyclic amines) is 1. The van der Waals surface area contributed by atoms with Crippen molar-refractivity contribution in [2.45, 2.75) is 72.0 Å². The Labute approximate surface area is 340 Å². The lowest BCUT2D eigenvalue weighted by molar-refractivity contribution is -0.150. The van der Waals surface area contributed by atoms with Crippen molar-refractivity contribution in [3.8, 4) is 11.3 Å². The van der Waals surface area contributed by atoms with Gasteiger partial charge in [-0.1, -0.05) is 30.3 Å². The third-order valence-corrected chi connectivity index (χ3v) is 10.0. The molecular weight excluding hydrogens is 773 g/mol. The van der Waals surface area contributed by atoms with Gasteiger partial charge in [-0.25, -0.2) is 22.9 Å². The van der Waals surface area contributed by atoms with Crippen molar-refractivity contribution in [3.63, 3.8) is 0 Å². The molecule has 2 aliphatic rings. The van der Waals surface area contributed by atoms with Gasteiger partial charge in [0.15, 0.2) is 0 Å². The van der Waals surface area contributed by atoms with Crippen LogP contribution in [0.15, 0.2) is 66.9 Å². The monoisotopic (exact) mass is 824 g/mol. The molecule has 0 spiro atoms. The van der Waals surface area contributed by atoms with Crippen LogP contribution >= 0.6 is 0 Å². The van der Waals surface area contributed by atoms with Gasteiger partial charge in [0.25, 0.3) is 17.7 Å². The highest BCUT2D eigenvalue weighted by Crippen LogP contribution is 2.42. The van der Waals surface area contributed by atoms with Gasteiger partial charge in [0.1, 0.15) is 41.4 Å². The number of amides is 5. The molecule has 2 N–H and O–H groups in total. The Kier molecular flexibility index (Phi) is 14.0. The molecule has 4 atom stereocenters. The number of aromatic nitrogens is 2. The summed E-state index contributed by atoms with van der Waals surface area (Å²) in [6, 6.07) is 10.6. The number of carbonyl (C=O) groups is 5. The molecule has 1 aromatic heterocycles. The van der Waals surface area contributed by atoms with Gasteiger partial charge < -0.3 is 34.3 Å². The SMILES string of the molecule is C[C@H](O)C(=O)N(C[C@@H]1CN(C(=O)OC(C)(C)C)C[C@@H]1F)[C@@H](c1nc(-c2cc(F)ccc2F)cn1Cc1ccccc1)C(C)(C)C(=O)NCCOCCN1C(=O)C=CC1=O. The summed E-state index contributed by atoms with van der Waals surface area (Å²) < 4.78 is 58.5. The van der Waals surface area contributed by atoms with Gasteiger partial charge in [0.05, 0.1) is 37.4 Å². The quantitative estimate of drug-likeness (QED) is 0.157. The van der Waals surface area contributed by atoms with E-state index in [1.54, 1.807) is 37.5 Å². The number of aliphatic hydroxyl groups excluding tert-OH is 1. The van der Waals surface area contributed by atoms with Crippen molar-refractivity contribution >= 4 is 29.7 Å². The minimum atomic E-state index is -1.64. The first-order chi connectivity index (χ1) is 27.8. The maximum absolute atomic E-state index is 16.0. The first-order valence-corrected chi connectivity index (χ1v) is 19.3. The standard InChI is InChI=1S/C42H51F3N6O8/c1-26(52)38(55)51(23-28-22-49(24-32(28)45)40(57)59-41(2,3)4)36(42(5,6)39(56)46-16-18-58-19-17-50-34(53)14-15-35(50)54)37-47-33(30-20-29(43)12-13-31(30)44)25-48(37)21-27-10-8-7-9-11-27/h7-15,20,25-26,28,32,36,52H,16-19,21-24H2,1-6H3,(H,46,56)/t26-,28-,32-,36-/m0/s1. The van der Waals surface area contributed by atoms with Gasteiger partial charge in [-0.15, -0.1) is 0 Å². The first kappa shape index (κ1) is 44.6. The van der Waals surface area contributed by atoms with E-state index in [9.17, 15) is 33.5 Å². The molecule has 0 saturated carbocycles. The number of hydrogen-bond donors (Lipinski definition) is 2. The highest BCUT2D eigenvalue weighted by Gasteiger charge is 2.49. The number of rotatable bonds is 16. The summed E-state index contributed by atoms with van der Waals surface area (Å²) >= 11 is 0. The molecule has 0 aliphatic carbocycles. The average Bonchev–Trinajstić information content (AvgIpc) is 3.85. The molecule has 0 unspecified atom stereocenters. The highest BCUT2D eigenvalue weighted by atomic mass is 19.1. The molecule has 17 heteroatoms. The molecule has 0 radical (unpaired) electrons. The summed E-state index contributed by atoms with van der Waals surface area (Å²) in [5.41, 5.74) is -1.95. The summed E-state index contributed by atoms with van der Waals surface area (Å²) in [5.74, 6) is -4.88. The minimum absolute atomic E-state index is 0.000152. The van der Waals surface area contributed by atoms with E-state index >= 15 is 8.78 Å². The number of imidazole rings is 1. The first-order valence-electron chi connectivity index (χ1n) is 19.3. The summed E-state index contributed by atoms with van der Waals surface area (Å²) in [7, 11) is 0. The Hall–Kier alpha value is -5.55. The number of nitrogens with one attached hydrogen (secondary N) is 1. The lowest BCUT2D eigenvalue weighted by atomic mass is 9.80. The molecule has 1 fully saturated rings. The van der Waals surface area contributed by atoms with Gasteiger partial charge in [0.2, 0.25) is 5.91 Å². The van der Waals surface area contributed by atoms with Gasteiger partial charge in [-0.2, -0.15) is 0 Å². The number of hydrogen-bond acceptors (Lipinski definition) is 9. The highest BCUT2D eigenvalue weighted by molar-refractivity contribution is 6.12. The van der Waals surface area contributed by atoms with Crippen molar-refractivity contribution in [1.82, 2.24) is 29.6 Å². The molecule has 59 heavy (non-hydrogen) atoms. The second-order valence-corrected chi connectivity index (χ2v) is 16.2. The summed E-state index contributed by atoms with van der Waals surface area (Å²) in [6.07, 6.45) is -0.231. The molecule has 3 heterocycles. The van der Waals surface area contributed by atoms with Crippen LogP contribution in [0, 0.1) is 23.0 Å². The van der Waals surface area contributed by atoms with Crippen molar-refractivity contribution in [2.24, 2.45) is 11.3 Å². The molecule has 318 valence electrons. The van der Waals surface area contributed by atoms with E-state index in [4.69, 9.17) is 14.5 Å². The Bertz CT molecular complexity index is 2030. The number of ether oxygens (including phenoxy) is 2. The Morgan fingerprint density at radius 2 is 1.68 bits per heavy atom. The Morgan fingerprint density at radius 3 is 2.32 bits per heavy atom. The fourth-order valence-corrected chi connectivity index (χ4v) is 7.02. The number of halogens is 3. The van der Waals surface area contributed by atoms with Crippen molar-refractivity contribution in [1.29, 1.82) is 0 Å². The van der Waals surface area contributed by atoms with Gasteiger partial charge >= 0.3 is 6.09 Å². The van der Waals surface area contributed by atoms with Crippen molar-refractivity contribution in [2.75, 3.05) is 45.9 Å². The van der Waals surface area contributed by atoms with E-state index in [1.165, 1.54) is 36.8 Å². The van der Waals surface area contributed by atoms with Gasteiger partial charge in [0, 0.05) is 56.0 Å². The van der Waals surface area contributed by atoms with Gasteiger partial charge in [-0.3, -0.25) is 24.1 Å². The summed E-state index contributed by atoms with van der Waals surface area (Å²) in [5, 5.41) is 13.6. The zero-order chi connectivity index (χ0) is 43.2. The van der Waals surface area contributed by atoms with Crippen LogP contribution in [0.3, 0.4) is 0 Å². The maximum Gasteiger partial charge on any atom is 0.410 e. The second kappa shape index (κ2) is 18.6. The Balaban J connectivity index is 1.53. The lowest BCUT2D eigenvalue weighted by Crippen LogP contribution is -2.54. The largest absolute Gasteiger partial charge is 0.444 e.